The first-order valence-corrected chi connectivity index (χ1v) is 11.2. The van der Waals surface area contributed by atoms with Crippen molar-refractivity contribution in [3.8, 4) is 0 Å². The summed E-state index contributed by atoms with van der Waals surface area (Å²) in [4.78, 5) is 29.6. The van der Waals surface area contributed by atoms with Crippen LogP contribution < -0.4 is 15.4 Å². The van der Waals surface area contributed by atoms with Gasteiger partial charge in [-0.25, -0.2) is 0 Å². The van der Waals surface area contributed by atoms with Crippen LogP contribution in [0.5, 0.6) is 0 Å². The molecule has 0 N–H and O–H groups in total. The largest absolute Gasteiger partial charge is 0.375 e. The summed E-state index contributed by atoms with van der Waals surface area (Å²) in [6.45, 7) is 5.76. The van der Waals surface area contributed by atoms with E-state index in [1.807, 2.05) is 50.4 Å². The van der Waals surface area contributed by atoms with E-state index in [9.17, 15) is 9.59 Å². The van der Waals surface area contributed by atoms with E-state index in [-0.39, 0.29) is 11.5 Å². The Balaban J connectivity index is 1.66. The van der Waals surface area contributed by atoms with Gasteiger partial charge in [0.05, 0.1) is 5.52 Å². The number of amides is 1. The van der Waals surface area contributed by atoms with E-state index < -0.39 is 0 Å². The van der Waals surface area contributed by atoms with Gasteiger partial charge in [0.2, 0.25) is 0 Å². The molecule has 3 aromatic rings. The number of aromatic nitrogens is 1. The predicted octanol–water partition coefficient (Wildman–Crippen LogP) is 5.02. The third kappa shape index (κ3) is 4.09. The van der Waals surface area contributed by atoms with Crippen molar-refractivity contribution in [1.29, 1.82) is 0 Å². The van der Waals surface area contributed by atoms with Gasteiger partial charge in [-0.2, -0.15) is 0 Å². The number of nitrogens with zero attached hydrogens (tertiary/aromatic N) is 3. The summed E-state index contributed by atoms with van der Waals surface area (Å²) in [5.41, 5.74) is 4.74. The Hall–Kier alpha value is -3.08. The van der Waals surface area contributed by atoms with Crippen LogP contribution in [0.2, 0.25) is 0 Å². The molecule has 1 aromatic heterocycles. The zero-order chi connectivity index (χ0) is 22.1. The van der Waals surface area contributed by atoms with Crippen molar-refractivity contribution in [3.05, 3.63) is 70.0 Å². The van der Waals surface area contributed by atoms with Gasteiger partial charge in [-0.1, -0.05) is 6.92 Å². The molecule has 1 aliphatic rings. The van der Waals surface area contributed by atoms with Crippen LogP contribution in [0.25, 0.3) is 10.9 Å². The topological polar surface area (TPSA) is 45.6 Å². The molecule has 1 aliphatic carbocycles. The molecule has 1 fully saturated rings. The monoisotopic (exact) mass is 417 g/mol. The maximum Gasteiger partial charge on any atom is 0.258 e. The Kier molecular flexibility index (Phi) is 5.86. The minimum atomic E-state index is -0.0409. The fraction of sp³-hybridized carbons (Fsp3) is 0.385. The van der Waals surface area contributed by atoms with Crippen molar-refractivity contribution >= 4 is 28.2 Å². The number of fused-ring (bicyclic) bond motifs is 1. The smallest absolute Gasteiger partial charge is 0.258 e. The van der Waals surface area contributed by atoms with Gasteiger partial charge in [0.15, 0.2) is 0 Å². The quantitative estimate of drug-likeness (QED) is 0.542. The first kappa shape index (κ1) is 21.2. The summed E-state index contributed by atoms with van der Waals surface area (Å²) < 4.78 is 1.80. The number of benzene rings is 2. The minimum absolute atomic E-state index is 0.0409. The fourth-order valence-electron chi connectivity index (χ4n) is 4.30. The highest BCUT2D eigenvalue weighted by Gasteiger charge is 2.27. The molecule has 1 saturated carbocycles. The van der Waals surface area contributed by atoms with Crippen LogP contribution in [-0.2, 0) is 6.54 Å². The maximum atomic E-state index is 13.2. The van der Waals surface area contributed by atoms with Crippen LogP contribution in [0.1, 0.15) is 54.9 Å². The molecular formula is C26H31N3O2. The van der Waals surface area contributed by atoms with Crippen molar-refractivity contribution in [3.63, 3.8) is 0 Å². The van der Waals surface area contributed by atoms with Crippen LogP contribution in [0.4, 0.5) is 11.4 Å². The van der Waals surface area contributed by atoms with E-state index in [0.29, 0.717) is 18.0 Å². The van der Waals surface area contributed by atoms with Crippen molar-refractivity contribution in [2.24, 2.45) is 0 Å². The van der Waals surface area contributed by atoms with E-state index in [1.165, 1.54) is 0 Å². The average Bonchev–Trinajstić information content (AvgIpc) is 3.63. The molecule has 5 nitrogen and oxygen atoms in total. The number of carbonyl (C=O) groups is 1. The van der Waals surface area contributed by atoms with E-state index in [4.69, 9.17) is 0 Å². The summed E-state index contributed by atoms with van der Waals surface area (Å²) >= 11 is 0. The maximum absolute atomic E-state index is 13.2. The summed E-state index contributed by atoms with van der Waals surface area (Å²) in [6.07, 6.45) is 3.33. The highest BCUT2D eigenvalue weighted by atomic mass is 16.2. The van der Waals surface area contributed by atoms with Crippen molar-refractivity contribution < 1.29 is 4.79 Å². The number of hydrogen-bond donors (Lipinski definition) is 0. The Bertz CT molecular complexity index is 1160. The van der Waals surface area contributed by atoms with E-state index in [1.54, 1.807) is 15.5 Å². The molecule has 5 heteroatoms. The third-order valence-corrected chi connectivity index (χ3v) is 6.27. The van der Waals surface area contributed by atoms with Gasteiger partial charge in [0.1, 0.15) is 0 Å². The number of carbonyl (C=O) groups excluding carboxylic acids is 1. The standard InChI is InChI=1S/C26H31N3O2/c1-5-15-27(3)20-11-9-19(10-12-20)26(31)28(4)21-13-14-24-23(16-21)22(18-7-8-18)17-25(30)29(24)6-2/h9-14,16-18H,5-8,15H2,1-4H3. The SMILES string of the molecule is CCCN(C)c1ccc(C(=O)N(C)c2ccc3c(c2)c(C2CC2)cc(=O)n3CC)cc1. The van der Waals surface area contributed by atoms with Crippen LogP contribution >= 0.6 is 0 Å². The lowest BCUT2D eigenvalue weighted by Crippen LogP contribution is -2.26. The molecule has 0 radical (unpaired) electrons. The van der Waals surface area contributed by atoms with Crippen molar-refractivity contribution in [1.82, 2.24) is 4.57 Å². The van der Waals surface area contributed by atoms with Crippen LogP contribution in [-0.4, -0.2) is 31.1 Å². The van der Waals surface area contributed by atoms with Gasteiger partial charge in [-0.15, -0.1) is 0 Å². The summed E-state index contributed by atoms with van der Waals surface area (Å²) in [7, 11) is 3.88. The summed E-state index contributed by atoms with van der Waals surface area (Å²) in [5, 5.41) is 1.08. The van der Waals surface area contributed by atoms with Crippen molar-refractivity contribution in [2.45, 2.75) is 45.6 Å². The average molecular weight is 418 g/mol. The molecule has 31 heavy (non-hydrogen) atoms. The fourth-order valence-corrected chi connectivity index (χ4v) is 4.30. The minimum Gasteiger partial charge on any atom is -0.375 e. The molecule has 4 rings (SSSR count). The van der Waals surface area contributed by atoms with Crippen LogP contribution in [0.3, 0.4) is 0 Å². The second-order valence-electron chi connectivity index (χ2n) is 8.49. The normalized spacial score (nSPS) is 13.4. The third-order valence-electron chi connectivity index (χ3n) is 6.27. The Labute approximate surface area is 183 Å². The van der Waals surface area contributed by atoms with Crippen LogP contribution in [0.15, 0.2) is 53.3 Å². The molecule has 0 saturated heterocycles. The molecule has 2 aromatic carbocycles. The Morgan fingerprint density at radius 2 is 1.68 bits per heavy atom. The van der Waals surface area contributed by atoms with Gasteiger partial charge in [0.25, 0.3) is 11.5 Å². The Morgan fingerprint density at radius 3 is 2.29 bits per heavy atom. The van der Waals surface area contributed by atoms with Gasteiger partial charge < -0.3 is 14.4 Å². The number of anilines is 2. The van der Waals surface area contributed by atoms with Crippen molar-refractivity contribution in [2.75, 3.05) is 30.4 Å². The summed E-state index contributed by atoms with van der Waals surface area (Å²) in [5.74, 6) is 0.423. The lowest BCUT2D eigenvalue weighted by Gasteiger charge is -2.21. The Morgan fingerprint density at radius 1 is 1.00 bits per heavy atom. The van der Waals surface area contributed by atoms with E-state index >= 15 is 0 Å². The number of pyridine rings is 1. The van der Waals surface area contributed by atoms with Gasteiger partial charge in [-0.05, 0) is 80.1 Å². The molecule has 0 unspecified atom stereocenters. The first-order chi connectivity index (χ1) is 14.9. The molecule has 162 valence electrons. The highest BCUT2D eigenvalue weighted by Crippen LogP contribution is 2.43. The van der Waals surface area contributed by atoms with Crippen LogP contribution in [0, 0.1) is 0 Å². The number of hydrogen-bond acceptors (Lipinski definition) is 3. The molecular weight excluding hydrogens is 386 g/mol. The van der Waals surface area contributed by atoms with Gasteiger partial charge in [-0.3, -0.25) is 9.59 Å². The number of aryl methyl sites for hydroxylation is 1. The zero-order valence-corrected chi connectivity index (χ0v) is 18.9. The molecule has 0 bridgehead atoms. The van der Waals surface area contributed by atoms with Gasteiger partial charge >= 0.3 is 0 Å². The molecule has 0 spiro atoms. The molecule has 1 heterocycles. The summed E-state index contributed by atoms with van der Waals surface area (Å²) in [6, 6.07) is 15.6. The predicted molar refractivity (Wildman–Crippen MR) is 129 cm³/mol. The lowest BCUT2D eigenvalue weighted by molar-refractivity contribution is 0.0993. The first-order valence-electron chi connectivity index (χ1n) is 11.2. The lowest BCUT2D eigenvalue weighted by atomic mass is 10.0. The molecule has 0 aliphatic heterocycles. The second-order valence-corrected chi connectivity index (χ2v) is 8.49. The van der Waals surface area contributed by atoms with E-state index in [0.717, 1.165) is 53.6 Å². The second kappa shape index (κ2) is 8.58. The van der Waals surface area contributed by atoms with E-state index in [2.05, 4.69) is 24.9 Å². The molecule has 1 amide bonds. The highest BCUT2D eigenvalue weighted by molar-refractivity contribution is 6.06. The number of rotatable bonds is 7. The molecule has 0 atom stereocenters. The zero-order valence-electron chi connectivity index (χ0n) is 18.9. The van der Waals surface area contributed by atoms with Gasteiger partial charge in [0, 0.05) is 55.6 Å².